The van der Waals surface area contributed by atoms with Crippen LogP contribution in [0.2, 0.25) is 5.02 Å². The lowest BCUT2D eigenvalue weighted by Gasteiger charge is -2.34. The van der Waals surface area contributed by atoms with Crippen LogP contribution in [0.15, 0.2) is 48.5 Å². The molecule has 1 unspecified atom stereocenters. The Morgan fingerprint density at radius 2 is 1.78 bits per heavy atom. The summed E-state index contributed by atoms with van der Waals surface area (Å²) in [6.07, 6.45) is 4.11. The summed E-state index contributed by atoms with van der Waals surface area (Å²) in [5.74, 6) is 0.237. The van der Waals surface area contributed by atoms with E-state index in [1.165, 1.54) is 31.9 Å². The molecular weight excluding hydrogens is 539 g/mol. The fourth-order valence-corrected chi connectivity index (χ4v) is 4.58. The van der Waals surface area contributed by atoms with Gasteiger partial charge < -0.3 is 25.0 Å². The second-order valence-corrected chi connectivity index (χ2v) is 9.47. The highest BCUT2D eigenvalue weighted by Gasteiger charge is 2.21. The second kappa shape index (κ2) is 18.6. The van der Waals surface area contributed by atoms with Crippen LogP contribution in [0.1, 0.15) is 43.4 Å². The largest absolute Gasteiger partial charge is 0.482 e. The predicted octanol–water partition coefficient (Wildman–Crippen LogP) is 4.36. The number of benzene rings is 2. The summed E-state index contributed by atoms with van der Waals surface area (Å²) in [7, 11) is 1.34. The fraction of sp³-hybridized carbons (Fsp3) is 0.519. The third-order valence-electron chi connectivity index (χ3n) is 6.46. The van der Waals surface area contributed by atoms with Crippen molar-refractivity contribution in [2.75, 3.05) is 46.4 Å². The van der Waals surface area contributed by atoms with Crippen LogP contribution in [0, 0.1) is 0 Å². The number of methoxy groups -OCH3 is 1. The van der Waals surface area contributed by atoms with Crippen LogP contribution in [0.4, 0.5) is 0 Å². The average Bonchev–Trinajstić information content (AvgIpc) is 2.86. The van der Waals surface area contributed by atoms with E-state index in [1.54, 1.807) is 0 Å². The Bertz CT molecular complexity index is 898. The first-order chi connectivity index (χ1) is 16.4. The molecule has 1 saturated heterocycles. The van der Waals surface area contributed by atoms with Crippen molar-refractivity contribution < 1.29 is 24.9 Å². The Balaban J connectivity index is 0.00000432. The molecular formula is C27H41Cl3N2O5. The van der Waals surface area contributed by atoms with Gasteiger partial charge in [0, 0.05) is 30.7 Å². The van der Waals surface area contributed by atoms with Crippen molar-refractivity contribution >= 4 is 42.4 Å². The number of ether oxygens (including phenoxy) is 2. The average molecular weight is 580 g/mol. The van der Waals surface area contributed by atoms with Gasteiger partial charge in [-0.05, 0) is 74.7 Å². The molecule has 2 atom stereocenters. The minimum absolute atomic E-state index is 0. The molecule has 0 amide bonds. The summed E-state index contributed by atoms with van der Waals surface area (Å²) in [5, 5.41) is 11.6. The monoisotopic (exact) mass is 578 g/mol. The molecule has 3 N–H and O–H groups in total. The van der Waals surface area contributed by atoms with Gasteiger partial charge in [-0.1, -0.05) is 42.3 Å². The number of aliphatic hydroxyl groups is 1. The van der Waals surface area contributed by atoms with E-state index in [1.807, 2.05) is 48.5 Å². The number of esters is 1. The molecule has 0 spiro atoms. The van der Waals surface area contributed by atoms with Gasteiger partial charge in [0.1, 0.15) is 5.75 Å². The standard InChI is InChI=1S/C27H37ClN2O4.2ClH.H2O/c1-21(17-22-9-11-25(12-10-22)34-20-27(32)33-2)30(16-15-29-13-4-3-5-14-29)19-26(31)23-7-6-8-24(28)18-23;;;/h6-12,18,21,26,31H,3-5,13-17,19-20H2,1-2H3;2*1H;1H2/t21?,26-;;;/m1.../s1. The number of carbonyl (C=O) groups excluding carboxylic acids is 1. The predicted molar refractivity (Wildman–Crippen MR) is 154 cm³/mol. The summed E-state index contributed by atoms with van der Waals surface area (Å²) in [5.41, 5.74) is 2.02. The highest BCUT2D eigenvalue weighted by Crippen LogP contribution is 2.21. The third kappa shape index (κ3) is 12.2. The number of halogens is 3. The van der Waals surface area contributed by atoms with Crippen LogP contribution in [-0.2, 0) is 16.0 Å². The van der Waals surface area contributed by atoms with E-state index in [0.717, 1.165) is 38.2 Å². The number of carbonyl (C=O) groups is 1. The molecule has 7 nitrogen and oxygen atoms in total. The van der Waals surface area contributed by atoms with Crippen molar-refractivity contribution in [1.29, 1.82) is 0 Å². The lowest BCUT2D eigenvalue weighted by Crippen LogP contribution is -2.44. The van der Waals surface area contributed by atoms with Gasteiger partial charge in [-0.3, -0.25) is 4.90 Å². The van der Waals surface area contributed by atoms with E-state index >= 15 is 0 Å². The molecule has 1 fully saturated rings. The van der Waals surface area contributed by atoms with Gasteiger partial charge in [0.2, 0.25) is 0 Å². The van der Waals surface area contributed by atoms with Crippen molar-refractivity contribution in [2.45, 2.75) is 44.8 Å². The van der Waals surface area contributed by atoms with Crippen LogP contribution in [0.3, 0.4) is 0 Å². The van der Waals surface area contributed by atoms with Gasteiger partial charge in [0.05, 0.1) is 13.2 Å². The van der Waals surface area contributed by atoms with Crippen LogP contribution >= 0.6 is 36.4 Å². The van der Waals surface area contributed by atoms with E-state index in [2.05, 4.69) is 21.5 Å². The van der Waals surface area contributed by atoms with Gasteiger partial charge in [-0.2, -0.15) is 0 Å². The first-order valence-corrected chi connectivity index (χ1v) is 12.5. The Hall–Kier alpha value is -1.58. The number of aliphatic hydroxyl groups excluding tert-OH is 1. The van der Waals surface area contributed by atoms with E-state index in [4.69, 9.17) is 16.3 Å². The van der Waals surface area contributed by atoms with E-state index in [-0.39, 0.29) is 42.9 Å². The van der Waals surface area contributed by atoms with Crippen molar-refractivity contribution in [3.05, 3.63) is 64.7 Å². The van der Waals surface area contributed by atoms with E-state index in [0.29, 0.717) is 17.3 Å². The lowest BCUT2D eigenvalue weighted by molar-refractivity contribution is -0.142. The molecule has 0 bridgehead atoms. The maximum atomic E-state index is 11.3. The van der Waals surface area contributed by atoms with Gasteiger partial charge >= 0.3 is 5.97 Å². The zero-order valence-electron chi connectivity index (χ0n) is 21.6. The number of likely N-dealkylation sites (tertiary alicyclic amines) is 1. The minimum Gasteiger partial charge on any atom is -0.482 e. The molecule has 0 saturated carbocycles. The third-order valence-corrected chi connectivity index (χ3v) is 6.69. The van der Waals surface area contributed by atoms with Crippen LogP contribution in [0.5, 0.6) is 5.75 Å². The second-order valence-electron chi connectivity index (χ2n) is 9.03. The van der Waals surface area contributed by atoms with E-state index < -0.39 is 12.1 Å². The van der Waals surface area contributed by atoms with Gasteiger partial charge in [0.25, 0.3) is 0 Å². The van der Waals surface area contributed by atoms with Crippen molar-refractivity contribution in [3.63, 3.8) is 0 Å². The highest BCUT2D eigenvalue weighted by molar-refractivity contribution is 6.30. The fourth-order valence-electron chi connectivity index (χ4n) is 4.38. The maximum Gasteiger partial charge on any atom is 0.343 e. The summed E-state index contributed by atoms with van der Waals surface area (Å²) in [6, 6.07) is 15.5. The van der Waals surface area contributed by atoms with Gasteiger partial charge in [0.15, 0.2) is 6.61 Å². The highest BCUT2D eigenvalue weighted by atomic mass is 35.5. The van der Waals surface area contributed by atoms with Gasteiger partial charge in [-0.15, -0.1) is 24.8 Å². The summed E-state index contributed by atoms with van der Waals surface area (Å²) in [4.78, 5) is 16.2. The molecule has 37 heavy (non-hydrogen) atoms. The van der Waals surface area contributed by atoms with Crippen LogP contribution < -0.4 is 4.74 Å². The number of rotatable bonds is 12. The Morgan fingerprint density at radius 1 is 1.11 bits per heavy atom. The Morgan fingerprint density at radius 3 is 2.41 bits per heavy atom. The number of hydrogen-bond donors (Lipinski definition) is 1. The topological polar surface area (TPSA) is 93.7 Å². The van der Waals surface area contributed by atoms with Crippen molar-refractivity contribution in [1.82, 2.24) is 9.80 Å². The molecule has 1 aliphatic heterocycles. The molecule has 0 aliphatic carbocycles. The summed E-state index contributed by atoms with van der Waals surface area (Å²) >= 11 is 6.15. The minimum atomic E-state index is -0.600. The molecule has 3 rings (SSSR count). The Labute approximate surface area is 238 Å². The molecule has 2 aromatic rings. The first kappa shape index (κ1) is 35.4. The van der Waals surface area contributed by atoms with Crippen LogP contribution in [-0.4, -0.2) is 78.8 Å². The number of piperidine rings is 1. The molecule has 10 heteroatoms. The smallest absolute Gasteiger partial charge is 0.343 e. The quantitative estimate of drug-likeness (QED) is 0.376. The summed E-state index contributed by atoms with van der Waals surface area (Å²) in [6.45, 7) is 6.89. The molecule has 1 aliphatic rings. The number of hydrogen-bond acceptors (Lipinski definition) is 6. The first-order valence-electron chi connectivity index (χ1n) is 12.1. The molecule has 210 valence electrons. The van der Waals surface area contributed by atoms with Crippen molar-refractivity contribution in [2.24, 2.45) is 0 Å². The van der Waals surface area contributed by atoms with Crippen molar-refractivity contribution in [3.8, 4) is 5.75 Å². The zero-order valence-corrected chi connectivity index (χ0v) is 24.0. The van der Waals surface area contributed by atoms with Gasteiger partial charge in [-0.25, -0.2) is 4.79 Å². The molecule has 0 aromatic heterocycles. The van der Waals surface area contributed by atoms with Crippen LogP contribution in [0.25, 0.3) is 0 Å². The molecule has 2 aromatic carbocycles. The lowest BCUT2D eigenvalue weighted by atomic mass is 10.0. The maximum absolute atomic E-state index is 11.3. The summed E-state index contributed by atoms with van der Waals surface area (Å²) < 4.78 is 10.1. The molecule has 1 heterocycles. The Kier molecular flexibility index (Phi) is 17.8. The normalized spacial score (nSPS) is 14.9. The zero-order chi connectivity index (χ0) is 24.3. The number of nitrogens with zero attached hydrogens (tertiary/aromatic N) is 2. The van der Waals surface area contributed by atoms with E-state index in [9.17, 15) is 9.90 Å². The SMILES string of the molecule is COC(=O)COc1ccc(CC(C)N(CCN2CCCCC2)C[C@@H](O)c2cccc(Cl)c2)cc1.Cl.Cl.O. The molecule has 0 radical (unpaired) electrons.